The SMILES string of the molecule is Cc1ccc(C(=O)NCC2CCCO2)c(C2CCN(Cc3cccc(F)c3)CC2)n1. The first kappa shape index (κ1) is 20.9. The van der Waals surface area contributed by atoms with Gasteiger partial charge in [0.1, 0.15) is 5.82 Å². The van der Waals surface area contributed by atoms with Crippen molar-refractivity contribution in [3.8, 4) is 0 Å². The fraction of sp³-hybridized carbons (Fsp3) is 0.500. The van der Waals surface area contributed by atoms with E-state index in [1.807, 2.05) is 25.1 Å². The van der Waals surface area contributed by atoms with E-state index in [1.54, 1.807) is 12.1 Å². The summed E-state index contributed by atoms with van der Waals surface area (Å²) in [6.07, 6.45) is 4.08. The Morgan fingerprint density at radius 2 is 2.07 bits per heavy atom. The van der Waals surface area contributed by atoms with Crippen LogP contribution >= 0.6 is 0 Å². The zero-order chi connectivity index (χ0) is 20.9. The zero-order valence-corrected chi connectivity index (χ0v) is 17.6. The summed E-state index contributed by atoms with van der Waals surface area (Å²) >= 11 is 0. The minimum atomic E-state index is -0.190. The second kappa shape index (κ2) is 9.67. The van der Waals surface area contributed by atoms with Crippen LogP contribution in [0.5, 0.6) is 0 Å². The molecule has 1 amide bonds. The van der Waals surface area contributed by atoms with Gasteiger partial charge in [-0.15, -0.1) is 0 Å². The van der Waals surface area contributed by atoms with Gasteiger partial charge in [-0.25, -0.2) is 4.39 Å². The van der Waals surface area contributed by atoms with E-state index in [1.165, 1.54) is 6.07 Å². The van der Waals surface area contributed by atoms with E-state index in [2.05, 4.69) is 10.2 Å². The summed E-state index contributed by atoms with van der Waals surface area (Å²) in [5.74, 6) is 0.0114. The van der Waals surface area contributed by atoms with Crippen LogP contribution in [0.1, 0.15) is 58.9 Å². The summed E-state index contributed by atoms with van der Waals surface area (Å²) in [4.78, 5) is 20.0. The van der Waals surface area contributed by atoms with E-state index >= 15 is 0 Å². The van der Waals surface area contributed by atoms with Crippen molar-refractivity contribution in [2.75, 3.05) is 26.2 Å². The average Bonchev–Trinajstić information content (AvgIpc) is 3.26. The smallest absolute Gasteiger partial charge is 0.253 e. The highest BCUT2D eigenvalue weighted by molar-refractivity contribution is 5.95. The Kier molecular flexibility index (Phi) is 6.75. The summed E-state index contributed by atoms with van der Waals surface area (Å²) in [6.45, 7) is 5.88. The number of amides is 1. The molecule has 0 bridgehead atoms. The van der Waals surface area contributed by atoms with Gasteiger partial charge in [-0.05, 0) is 75.5 Å². The molecule has 3 heterocycles. The topological polar surface area (TPSA) is 54.5 Å². The molecule has 1 aromatic carbocycles. The van der Waals surface area contributed by atoms with E-state index in [0.29, 0.717) is 12.1 Å². The van der Waals surface area contributed by atoms with Gasteiger partial charge in [0.05, 0.1) is 17.4 Å². The van der Waals surface area contributed by atoms with Crippen molar-refractivity contribution in [2.45, 2.75) is 51.2 Å². The molecule has 160 valence electrons. The highest BCUT2D eigenvalue weighted by Gasteiger charge is 2.26. The molecule has 2 aliphatic heterocycles. The number of carbonyl (C=O) groups excluding carboxylic acids is 1. The number of carbonyl (C=O) groups is 1. The Bertz CT molecular complexity index is 875. The van der Waals surface area contributed by atoms with Crippen molar-refractivity contribution < 1.29 is 13.9 Å². The number of ether oxygens (including phenoxy) is 1. The molecular formula is C24H30FN3O2. The molecule has 5 nitrogen and oxygen atoms in total. The van der Waals surface area contributed by atoms with Crippen LogP contribution in [0.2, 0.25) is 0 Å². The maximum absolute atomic E-state index is 13.5. The van der Waals surface area contributed by atoms with Gasteiger partial charge in [0.25, 0.3) is 5.91 Å². The van der Waals surface area contributed by atoms with Gasteiger partial charge in [0.15, 0.2) is 0 Å². The first-order chi connectivity index (χ1) is 14.6. The number of benzene rings is 1. The summed E-state index contributed by atoms with van der Waals surface area (Å²) in [5, 5.41) is 3.04. The minimum absolute atomic E-state index is 0.0600. The zero-order valence-electron chi connectivity index (χ0n) is 17.6. The summed E-state index contributed by atoms with van der Waals surface area (Å²) in [7, 11) is 0. The number of nitrogens with zero attached hydrogens (tertiary/aromatic N) is 2. The van der Waals surface area contributed by atoms with E-state index in [-0.39, 0.29) is 23.7 Å². The molecule has 2 aromatic rings. The summed E-state index contributed by atoms with van der Waals surface area (Å²) in [6, 6.07) is 10.6. The molecule has 0 radical (unpaired) electrons. The average molecular weight is 412 g/mol. The Balaban J connectivity index is 1.38. The van der Waals surface area contributed by atoms with Gasteiger partial charge in [-0.1, -0.05) is 12.1 Å². The fourth-order valence-electron chi connectivity index (χ4n) is 4.45. The third-order valence-corrected chi connectivity index (χ3v) is 6.09. The number of likely N-dealkylation sites (tertiary alicyclic amines) is 1. The number of pyridine rings is 1. The van der Waals surface area contributed by atoms with Gasteiger partial charge >= 0.3 is 0 Å². The number of hydrogen-bond donors (Lipinski definition) is 1. The molecule has 30 heavy (non-hydrogen) atoms. The third-order valence-electron chi connectivity index (χ3n) is 6.09. The first-order valence-electron chi connectivity index (χ1n) is 10.9. The van der Waals surface area contributed by atoms with Gasteiger partial charge in [0, 0.05) is 31.3 Å². The van der Waals surface area contributed by atoms with Gasteiger partial charge in [-0.3, -0.25) is 14.7 Å². The van der Waals surface area contributed by atoms with Gasteiger partial charge < -0.3 is 10.1 Å². The fourth-order valence-corrected chi connectivity index (χ4v) is 4.45. The Labute approximate surface area is 177 Å². The molecule has 0 aliphatic carbocycles. The molecule has 4 rings (SSSR count). The number of aromatic nitrogens is 1. The molecule has 1 atom stereocenters. The highest BCUT2D eigenvalue weighted by atomic mass is 19.1. The van der Waals surface area contributed by atoms with Crippen LogP contribution in [0, 0.1) is 12.7 Å². The second-order valence-electron chi connectivity index (χ2n) is 8.41. The molecule has 2 aliphatic rings. The van der Waals surface area contributed by atoms with Crippen molar-refractivity contribution >= 4 is 5.91 Å². The largest absolute Gasteiger partial charge is 0.376 e. The number of hydrogen-bond acceptors (Lipinski definition) is 4. The molecule has 2 fully saturated rings. The van der Waals surface area contributed by atoms with Crippen LogP contribution in [0.25, 0.3) is 0 Å². The van der Waals surface area contributed by atoms with Crippen LogP contribution in [-0.4, -0.2) is 48.1 Å². The van der Waals surface area contributed by atoms with Crippen molar-refractivity contribution in [3.63, 3.8) is 0 Å². The van der Waals surface area contributed by atoms with Crippen molar-refractivity contribution in [3.05, 3.63) is 64.7 Å². The molecule has 1 aromatic heterocycles. The standard InChI is InChI=1S/C24H30FN3O2/c1-17-7-8-22(24(29)26-15-21-6-3-13-30-21)23(27-17)19-9-11-28(12-10-19)16-18-4-2-5-20(25)14-18/h2,4-5,7-8,14,19,21H,3,6,9-13,15-16H2,1H3,(H,26,29). The third kappa shape index (κ3) is 5.24. The number of aryl methyl sites for hydroxylation is 1. The molecule has 1 N–H and O–H groups in total. The summed E-state index contributed by atoms with van der Waals surface area (Å²) in [5.41, 5.74) is 3.52. The van der Waals surface area contributed by atoms with Crippen LogP contribution in [0.3, 0.4) is 0 Å². The first-order valence-corrected chi connectivity index (χ1v) is 10.9. The van der Waals surface area contributed by atoms with Crippen LogP contribution in [0.15, 0.2) is 36.4 Å². The van der Waals surface area contributed by atoms with Crippen molar-refractivity contribution in [1.29, 1.82) is 0 Å². The molecule has 2 saturated heterocycles. The minimum Gasteiger partial charge on any atom is -0.376 e. The Morgan fingerprint density at radius 3 is 2.80 bits per heavy atom. The van der Waals surface area contributed by atoms with Crippen LogP contribution in [-0.2, 0) is 11.3 Å². The van der Waals surface area contributed by atoms with Gasteiger partial charge in [0.2, 0.25) is 0 Å². The lowest BCUT2D eigenvalue weighted by atomic mass is 9.89. The molecule has 1 unspecified atom stereocenters. The monoisotopic (exact) mass is 411 g/mol. The molecule has 0 spiro atoms. The quantitative estimate of drug-likeness (QED) is 0.785. The molecular weight excluding hydrogens is 381 g/mol. The maximum atomic E-state index is 13.5. The lowest BCUT2D eigenvalue weighted by Crippen LogP contribution is -2.35. The Hall–Kier alpha value is -2.31. The maximum Gasteiger partial charge on any atom is 0.253 e. The number of piperidine rings is 1. The number of rotatable bonds is 6. The van der Waals surface area contributed by atoms with Gasteiger partial charge in [-0.2, -0.15) is 0 Å². The van der Waals surface area contributed by atoms with Crippen molar-refractivity contribution in [1.82, 2.24) is 15.2 Å². The normalized spacial score (nSPS) is 20.4. The molecule has 0 saturated carbocycles. The van der Waals surface area contributed by atoms with E-state index in [9.17, 15) is 9.18 Å². The van der Waals surface area contributed by atoms with E-state index in [0.717, 1.165) is 68.9 Å². The van der Waals surface area contributed by atoms with Crippen LogP contribution in [0.4, 0.5) is 4.39 Å². The predicted molar refractivity (Wildman–Crippen MR) is 114 cm³/mol. The lowest BCUT2D eigenvalue weighted by Gasteiger charge is -2.32. The van der Waals surface area contributed by atoms with E-state index in [4.69, 9.17) is 9.72 Å². The van der Waals surface area contributed by atoms with Crippen molar-refractivity contribution in [2.24, 2.45) is 0 Å². The number of nitrogens with one attached hydrogen (secondary N) is 1. The lowest BCUT2D eigenvalue weighted by molar-refractivity contribution is 0.0855. The summed E-state index contributed by atoms with van der Waals surface area (Å²) < 4.78 is 19.1. The molecule has 6 heteroatoms. The highest BCUT2D eigenvalue weighted by Crippen LogP contribution is 2.30. The predicted octanol–water partition coefficient (Wildman–Crippen LogP) is 3.82. The second-order valence-corrected chi connectivity index (χ2v) is 8.41. The van der Waals surface area contributed by atoms with E-state index < -0.39 is 0 Å². The Morgan fingerprint density at radius 1 is 1.23 bits per heavy atom. The van der Waals surface area contributed by atoms with Crippen LogP contribution < -0.4 is 5.32 Å². The number of halogens is 1.